The number of nitrogens with one attached hydrogen (secondary N) is 1. The smallest absolute Gasteiger partial charge is 0.0220 e. The van der Waals surface area contributed by atoms with Gasteiger partial charge < -0.3 is 5.32 Å². The summed E-state index contributed by atoms with van der Waals surface area (Å²) in [5, 5.41) is 3.51. The number of hydrogen-bond acceptors (Lipinski definition) is 2. The summed E-state index contributed by atoms with van der Waals surface area (Å²) in [5.41, 5.74) is 1.30. The molecule has 0 aromatic heterocycles. The van der Waals surface area contributed by atoms with Crippen LogP contribution in [0.4, 0.5) is 0 Å². The zero-order chi connectivity index (χ0) is 12.2. The largest absolute Gasteiger partial charge is 0.319 e. The first-order chi connectivity index (χ1) is 8.74. The van der Waals surface area contributed by atoms with Crippen LogP contribution in [0.2, 0.25) is 0 Å². The van der Waals surface area contributed by atoms with Crippen LogP contribution in [-0.2, 0) is 0 Å². The molecule has 0 aromatic carbocycles. The molecule has 18 heavy (non-hydrogen) atoms. The third-order valence-electron chi connectivity index (χ3n) is 6.48. The van der Waals surface area contributed by atoms with Crippen LogP contribution in [-0.4, -0.2) is 37.1 Å². The van der Waals surface area contributed by atoms with Gasteiger partial charge in [-0.25, -0.2) is 0 Å². The lowest BCUT2D eigenvalue weighted by Crippen LogP contribution is -2.64. The molecule has 5 rings (SSSR count). The molecular weight excluding hydrogens is 220 g/mol. The van der Waals surface area contributed by atoms with Crippen molar-refractivity contribution < 1.29 is 0 Å². The molecule has 4 bridgehead atoms. The Kier molecular flexibility index (Phi) is 2.58. The SMILES string of the molecule is CNCC12CC3CC(C1)CC(N1CCCC1)(C3)C2. The van der Waals surface area contributed by atoms with E-state index < -0.39 is 0 Å². The molecule has 4 aliphatic carbocycles. The number of likely N-dealkylation sites (tertiary alicyclic amines) is 1. The van der Waals surface area contributed by atoms with Crippen LogP contribution in [0.25, 0.3) is 0 Å². The average Bonchev–Trinajstić information content (AvgIpc) is 2.80. The zero-order valence-corrected chi connectivity index (χ0v) is 11.9. The third kappa shape index (κ3) is 1.61. The van der Waals surface area contributed by atoms with Crippen molar-refractivity contribution in [1.82, 2.24) is 10.2 Å². The predicted molar refractivity (Wildman–Crippen MR) is 74.6 cm³/mol. The van der Waals surface area contributed by atoms with Crippen molar-refractivity contribution in [2.45, 2.75) is 56.9 Å². The molecule has 4 saturated carbocycles. The molecule has 2 heteroatoms. The van der Waals surface area contributed by atoms with Crippen LogP contribution >= 0.6 is 0 Å². The van der Waals surface area contributed by atoms with E-state index in [1.807, 2.05) is 0 Å². The molecule has 0 spiro atoms. The maximum atomic E-state index is 3.51. The highest BCUT2D eigenvalue weighted by Crippen LogP contribution is 2.63. The number of hydrogen-bond donors (Lipinski definition) is 1. The van der Waals surface area contributed by atoms with E-state index in [4.69, 9.17) is 0 Å². The minimum atomic E-state index is 0.636. The standard InChI is InChI=1S/C16H28N2/c1-17-12-15-7-13-6-14(8-15)10-16(9-13,11-15)18-4-2-3-5-18/h13-14,17H,2-12H2,1H3. The van der Waals surface area contributed by atoms with Gasteiger partial charge in [-0.2, -0.15) is 0 Å². The Hall–Kier alpha value is -0.0800. The van der Waals surface area contributed by atoms with Gasteiger partial charge in [0.1, 0.15) is 0 Å². The first kappa shape index (κ1) is 11.7. The Morgan fingerprint density at radius 3 is 2.33 bits per heavy atom. The van der Waals surface area contributed by atoms with E-state index in [-0.39, 0.29) is 0 Å². The van der Waals surface area contributed by atoms with Crippen LogP contribution in [0, 0.1) is 17.3 Å². The van der Waals surface area contributed by atoms with Gasteiger partial charge in [0.05, 0.1) is 0 Å². The van der Waals surface area contributed by atoms with Crippen LogP contribution in [0.5, 0.6) is 0 Å². The molecule has 1 N–H and O–H groups in total. The van der Waals surface area contributed by atoms with Crippen molar-refractivity contribution in [3.8, 4) is 0 Å². The second kappa shape index (κ2) is 3.96. The molecule has 102 valence electrons. The normalized spacial score (nSPS) is 51.2. The Bertz CT molecular complexity index is 318. The monoisotopic (exact) mass is 248 g/mol. The number of nitrogens with zero attached hydrogens (tertiary/aromatic N) is 1. The summed E-state index contributed by atoms with van der Waals surface area (Å²) < 4.78 is 0. The van der Waals surface area contributed by atoms with Gasteiger partial charge in [0.15, 0.2) is 0 Å². The van der Waals surface area contributed by atoms with Crippen molar-refractivity contribution >= 4 is 0 Å². The first-order valence-electron chi connectivity index (χ1n) is 8.13. The van der Waals surface area contributed by atoms with Gasteiger partial charge in [0, 0.05) is 12.1 Å². The van der Waals surface area contributed by atoms with Crippen molar-refractivity contribution in [2.75, 3.05) is 26.7 Å². The topological polar surface area (TPSA) is 15.3 Å². The van der Waals surface area contributed by atoms with E-state index in [1.165, 1.54) is 64.6 Å². The molecule has 2 atom stereocenters. The Balaban J connectivity index is 1.65. The molecule has 2 nitrogen and oxygen atoms in total. The fourth-order valence-corrected chi connectivity index (χ4v) is 6.55. The van der Waals surface area contributed by atoms with Gasteiger partial charge >= 0.3 is 0 Å². The summed E-state index contributed by atoms with van der Waals surface area (Å²) >= 11 is 0. The van der Waals surface area contributed by atoms with E-state index in [0.717, 1.165) is 11.8 Å². The first-order valence-corrected chi connectivity index (χ1v) is 8.13. The highest BCUT2D eigenvalue weighted by molar-refractivity contribution is 5.13. The minimum absolute atomic E-state index is 0.636. The van der Waals surface area contributed by atoms with Gasteiger partial charge in [0.2, 0.25) is 0 Å². The van der Waals surface area contributed by atoms with Crippen molar-refractivity contribution in [1.29, 1.82) is 0 Å². The Morgan fingerprint density at radius 2 is 1.72 bits per heavy atom. The van der Waals surface area contributed by atoms with Gasteiger partial charge in [0.25, 0.3) is 0 Å². The van der Waals surface area contributed by atoms with E-state index >= 15 is 0 Å². The lowest BCUT2D eigenvalue weighted by atomic mass is 9.46. The van der Waals surface area contributed by atoms with Crippen molar-refractivity contribution in [3.05, 3.63) is 0 Å². The summed E-state index contributed by atoms with van der Waals surface area (Å²) in [7, 11) is 2.15. The Morgan fingerprint density at radius 1 is 1.06 bits per heavy atom. The van der Waals surface area contributed by atoms with E-state index in [9.17, 15) is 0 Å². The molecule has 1 heterocycles. The van der Waals surface area contributed by atoms with Crippen molar-refractivity contribution in [2.24, 2.45) is 17.3 Å². The van der Waals surface area contributed by atoms with E-state index in [1.54, 1.807) is 6.42 Å². The van der Waals surface area contributed by atoms with Gasteiger partial charge in [-0.05, 0) is 88.8 Å². The summed E-state index contributed by atoms with van der Waals surface area (Å²) in [4.78, 5) is 2.91. The van der Waals surface area contributed by atoms with Gasteiger partial charge in [-0.3, -0.25) is 4.90 Å². The highest BCUT2D eigenvalue weighted by atomic mass is 15.2. The molecular formula is C16H28N2. The zero-order valence-electron chi connectivity index (χ0n) is 11.9. The molecule has 0 aromatic rings. The summed E-state index contributed by atoms with van der Waals surface area (Å²) in [5.74, 6) is 2.11. The molecule has 1 aliphatic heterocycles. The molecule has 0 radical (unpaired) electrons. The maximum absolute atomic E-state index is 3.51. The summed E-state index contributed by atoms with van der Waals surface area (Å²) in [6.45, 7) is 4.07. The van der Waals surface area contributed by atoms with E-state index in [2.05, 4.69) is 17.3 Å². The Labute approximate surface area is 111 Å². The lowest BCUT2D eigenvalue weighted by Gasteiger charge is -2.64. The minimum Gasteiger partial charge on any atom is -0.319 e. The van der Waals surface area contributed by atoms with Crippen LogP contribution in [0.1, 0.15) is 51.4 Å². The molecule has 5 aliphatic rings. The average molecular weight is 248 g/mol. The van der Waals surface area contributed by atoms with Gasteiger partial charge in [-0.15, -0.1) is 0 Å². The predicted octanol–water partition coefficient (Wildman–Crippen LogP) is 2.64. The molecule has 1 saturated heterocycles. The fraction of sp³-hybridized carbons (Fsp3) is 1.00. The molecule has 2 unspecified atom stereocenters. The summed E-state index contributed by atoms with van der Waals surface area (Å²) in [6, 6.07) is 0. The lowest BCUT2D eigenvalue weighted by molar-refractivity contribution is -0.125. The van der Waals surface area contributed by atoms with Crippen LogP contribution in [0.15, 0.2) is 0 Å². The number of rotatable bonds is 3. The van der Waals surface area contributed by atoms with E-state index in [0.29, 0.717) is 11.0 Å². The quantitative estimate of drug-likeness (QED) is 0.826. The highest BCUT2D eigenvalue weighted by Gasteiger charge is 2.59. The van der Waals surface area contributed by atoms with Crippen molar-refractivity contribution in [3.63, 3.8) is 0 Å². The molecule has 5 fully saturated rings. The fourth-order valence-electron chi connectivity index (χ4n) is 6.55. The maximum Gasteiger partial charge on any atom is 0.0220 e. The summed E-state index contributed by atoms with van der Waals surface area (Å²) in [6.07, 6.45) is 12.1. The second-order valence-electron chi connectivity index (χ2n) is 7.91. The van der Waals surface area contributed by atoms with Crippen LogP contribution < -0.4 is 5.32 Å². The third-order valence-corrected chi connectivity index (χ3v) is 6.48. The second-order valence-corrected chi connectivity index (χ2v) is 7.91. The van der Waals surface area contributed by atoms with Crippen LogP contribution in [0.3, 0.4) is 0 Å². The van der Waals surface area contributed by atoms with Gasteiger partial charge in [-0.1, -0.05) is 0 Å². The molecule has 0 amide bonds.